The van der Waals surface area contributed by atoms with Crippen molar-refractivity contribution in [2.45, 2.75) is 11.3 Å². The lowest BCUT2D eigenvalue weighted by molar-refractivity contribution is -0.120. The van der Waals surface area contributed by atoms with Gasteiger partial charge in [0, 0.05) is 0 Å². The van der Waals surface area contributed by atoms with Crippen LogP contribution in [0.3, 0.4) is 0 Å². The molecule has 2 aromatic rings. The molecule has 9 heteroatoms. The van der Waals surface area contributed by atoms with Crippen molar-refractivity contribution in [3.63, 3.8) is 0 Å². The van der Waals surface area contributed by atoms with E-state index in [2.05, 4.69) is 5.43 Å². The van der Waals surface area contributed by atoms with Gasteiger partial charge in [-0.1, -0.05) is 41.4 Å². The molecule has 2 aromatic carbocycles. The van der Waals surface area contributed by atoms with E-state index in [0.717, 1.165) is 0 Å². The third-order valence-corrected chi connectivity index (χ3v) is 5.03. The molecule has 0 saturated heterocycles. The molecule has 1 amide bonds. The van der Waals surface area contributed by atoms with Crippen LogP contribution in [0.1, 0.15) is 5.56 Å². The van der Waals surface area contributed by atoms with Crippen molar-refractivity contribution >= 4 is 39.1 Å². The molecule has 0 aliphatic carbocycles. The maximum Gasteiger partial charge on any atom is 0.258 e. The Morgan fingerprint density at radius 3 is 2.39 bits per heavy atom. The summed E-state index contributed by atoms with van der Waals surface area (Å²) in [6.07, 6.45) is -0.119. The first-order valence-corrected chi connectivity index (χ1v) is 8.52. The number of benzene rings is 2. The molecule has 0 aliphatic heterocycles. The Morgan fingerprint density at radius 2 is 1.74 bits per heavy atom. The van der Waals surface area contributed by atoms with Crippen molar-refractivity contribution in [2.24, 2.45) is 0 Å². The van der Waals surface area contributed by atoms with Crippen molar-refractivity contribution in [3.8, 4) is 0 Å². The van der Waals surface area contributed by atoms with Gasteiger partial charge in [0.05, 0.1) is 16.5 Å². The van der Waals surface area contributed by atoms with Crippen molar-refractivity contribution in [1.82, 2.24) is 10.3 Å². The van der Waals surface area contributed by atoms with Crippen LogP contribution in [0.2, 0.25) is 10.0 Å². The quantitative estimate of drug-likeness (QED) is 0.787. The van der Waals surface area contributed by atoms with Gasteiger partial charge in [-0.2, -0.15) is 0 Å². The number of hydrogen-bond donors (Lipinski definition) is 2. The van der Waals surface area contributed by atoms with E-state index < -0.39 is 21.7 Å². The van der Waals surface area contributed by atoms with Crippen LogP contribution in [-0.2, 0) is 21.2 Å². The lowest BCUT2D eigenvalue weighted by Crippen LogP contribution is -2.42. The molecule has 0 aliphatic rings. The first-order chi connectivity index (χ1) is 10.8. The Bertz CT molecular complexity index is 826. The van der Waals surface area contributed by atoms with Gasteiger partial charge in [-0.25, -0.2) is 12.8 Å². The summed E-state index contributed by atoms with van der Waals surface area (Å²) in [5.74, 6) is -1.04. The molecule has 2 rings (SSSR count). The van der Waals surface area contributed by atoms with E-state index in [1.807, 2.05) is 4.83 Å². The standard InChI is InChI=1S/C14H11Cl2FN2O3S/c15-11-2-1-3-12(14(11)16)23(21,22)19-18-13(20)8-9-4-6-10(17)7-5-9/h1-7,19H,8H2,(H,18,20). The molecule has 0 bridgehead atoms. The SMILES string of the molecule is O=C(Cc1ccc(F)cc1)NNS(=O)(=O)c1cccc(Cl)c1Cl. The predicted molar refractivity (Wildman–Crippen MR) is 85.0 cm³/mol. The van der Waals surface area contributed by atoms with Gasteiger partial charge in [-0.3, -0.25) is 10.2 Å². The molecular formula is C14H11Cl2FN2O3S. The number of carbonyl (C=O) groups is 1. The molecule has 0 radical (unpaired) electrons. The minimum absolute atomic E-state index is 0.0761. The fraction of sp³-hybridized carbons (Fsp3) is 0.0714. The molecule has 0 unspecified atom stereocenters. The highest BCUT2D eigenvalue weighted by atomic mass is 35.5. The molecule has 122 valence electrons. The summed E-state index contributed by atoms with van der Waals surface area (Å²) < 4.78 is 36.9. The highest BCUT2D eigenvalue weighted by molar-refractivity contribution is 7.89. The van der Waals surface area contributed by atoms with Gasteiger partial charge in [0.25, 0.3) is 10.0 Å². The van der Waals surface area contributed by atoms with E-state index in [4.69, 9.17) is 23.2 Å². The second kappa shape index (κ2) is 7.27. The number of amides is 1. The summed E-state index contributed by atoms with van der Waals surface area (Å²) in [5, 5.41) is -0.0679. The van der Waals surface area contributed by atoms with Crippen LogP contribution in [0, 0.1) is 5.82 Å². The minimum Gasteiger partial charge on any atom is -0.277 e. The van der Waals surface area contributed by atoms with Crippen LogP contribution in [0.4, 0.5) is 4.39 Å². The average molecular weight is 377 g/mol. The summed E-state index contributed by atoms with van der Waals surface area (Å²) in [6, 6.07) is 9.38. The first-order valence-electron chi connectivity index (χ1n) is 6.29. The first kappa shape index (κ1) is 17.7. The lowest BCUT2D eigenvalue weighted by Gasteiger charge is -2.10. The second-order valence-electron chi connectivity index (χ2n) is 4.51. The Hall–Kier alpha value is -1.67. The molecule has 0 spiro atoms. The second-order valence-corrected chi connectivity index (χ2v) is 6.94. The van der Waals surface area contributed by atoms with Crippen LogP contribution < -0.4 is 10.3 Å². The Kier molecular flexibility index (Phi) is 5.59. The van der Waals surface area contributed by atoms with Crippen molar-refractivity contribution in [2.75, 3.05) is 0 Å². The molecular weight excluding hydrogens is 366 g/mol. The maximum absolute atomic E-state index is 12.8. The van der Waals surface area contributed by atoms with Crippen LogP contribution >= 0.6 is 23.2 Å². The van der Waals surface area contributed by atoms with Gasteiger partial charge < -0.3 is 0 Å². The Labute approximate surface area is 142 Å². The molecule has 5 nitrogen and oxygen atoms in total. The third-order valence-electron chi connectivity index (χ3n) is 2.81. The van der Waals surface area contributed by atoms with Gasteiger partial charge in [-0.15, -0.1) is 4.83 Å². The largest absolute Gasteiger partial charge is 0.277 e. The zero-order valence-electron chi connectivity index (χ0n) is 11.5. The molecule has 0 aromatic heterocycles. The molecule has 0 saturated carbocycles. The highest BCUT2D eigenvalue weighted by Gasteiger charge is 2.20. The minimum atomic E-state index is -4.07. The van der Waals surface area contributed by atoms with E-state index >= 15 is 0 Å². The van der Waals surface area contributed by atoms with Crippen molar-refractivity contribution < 1.29 is 17.6 Å². The van der Waals surface area contributed by atoms with Crippen molar-refractivity contribution in [1.29, 1.82) is 0 Å². The van der Waals surface area contributed by atoms with Gasteiger partial charge >= 0.3 is 0 Å². The van der Waals surface area contributed by atoms with E-state index in [1.165, 1.54) is 42.5 Å². The van der Waals surface area contributed by atoms with Crippen LogP contribution in [0.25, 0.3) is 0 Å². The smallest absolute Gasteiger partial charge is 0.258 e. The average Bonchev–Trinajstić information content (AvgIpc) is 2.50. The number of rotatable bonds is 5. The maximum atomic E-state index is 12.8. The molecule has 0 fully saturated rings. The number of halogens is 3. The van der Waals surface area contributed by atoms with E-state index in [9.17, 15) is 17.6 Å². The summed E-state index contributed by atoms with van der Waals surface area (Å²) in [6.45, 7) is 0. The third kappa shape index (κ3) is 4.65. The topological polar surface area (TPSA) is 75.3 Å². The summed E-state index contributed by atoms with van der Waals surface area (Å²) in [5.41, 5.74) is 2.59. The fourth-order valence-corrected chi connectivity index (χ4v) is 3.33. The number of nitrogens with one attached hydrogen (secondary N) is 2. The zero-order chi connectivity index (χ0) is 17.0. The predicted octanol–water partition coefficient (Wildman–Crippen LogP) is 2.68. The van der Waals surface area contributed by atoms with Crippen molar-refractivity contribution in [3.05, 3.63) is 63.9 Å². The highest BCUT2D eigenvalue weighted by Crippen LogP contribution is 2.28. The molecule has 2 N–H and O–H groups in total. The number of sulfonamides is 1. The van der Waals surface area contributed by atoms with Crippen LogP contribution in [-0.4, -0.2) is 14.3 Å². The van der Waals surface area contributed by atoms with Gasteiger partial charge in [0.15, 0.2) is 0 Å². The normalized spacial score (nSPS) is 11.3. The van der Waals surface area contributed by atoms with E-state index in [1.54, 1.807) is 0 Å². The van der Waals surface area contributed by atoms with Crippen LogP contribution in [0.15, 0.2) is 47.4 Å². The van der Waals surface area contributed by atoms with Gasteiger partial charge in [0.1, 0.15) is 10.7 Å². The van der Waals surface area contributed by atoms with Crippen LogP contribution in [0.5, 0.6) is 0 Å². The number of carbonyl (C=O) groups excluding carboxylic acids is 1. The van der Waals surface area contributed by atoms with E-state index in [0.29, 0.717) is 5.56 Å². The van der Waals surface area contributed by atoms with Gasteiger partial charge in [-0.05, 0) is 29.8 Å². The molecule has 23 heavy (non-hydrogen) atoms. The monoisotopic (exact) mass is 376 g/mol. The lowest BCUT2D eigenvalue weighted by atomic mass is 10.1. The summed E-state index contributed by atoms with van der Waals surface area (Å²) in [7, 11) is -4.07. The Balaban J connectivity index is 2.03. The number of hydrogen-bond acceptors (Lipinski definition) is 3. The molecule has 0 atom stereocenters. The number of hydrazine groups is 1. The fourth-order valence-electron chi connectivity index (χ4n) is 1.70. The van der Waals surface area contributed by atoms with E-state index in [-0.39, 0.29) is 21.4 Å². The summed E-state index contributed by atoms with van der Waals surface area (Å²) in [4.78, 5) is 13.4. The summed E-state index contributed by atoms with van der Waals surface area (Å²) >= 11 is 11.6. The zero-order valence-corrected chi connectivity index (χ0v) is 13.8. The molecule has 0 heterocycles. The Morgan fingerprint density at radius 1 is 1.09 bits per heavy atom. The van der Waals surface area contributed by atoms with Gasteiger partial charge in [0.2, 0.25) is 5.91 Å².